The van der Waals surface area contributed by atoms with E-state index in [9.17, 15) is 18.0 Å². The van der Waals surface area contributed by atoms with Crippen molar-refractivity contribution in [1.29, 1.82) is 0 Å². The second-order valence-electron chi connectivity index (χ2n) is 7.97. The highest BCUT2D eigenvalue weighted by Crippen LogP contribution is 2.29. The summed E-state index contributed by atoms with van der Waals surface area (Å²) < 4.78 is 38.8. The Morgan fingerprint density at radius 1 is 1.09 bits per heavy atom. The first-order chi connectivity index (χ1) is 16.7. The Bertz CT molecular complexity index is 1350. The summed E-state index contributed by atoms with van der Waals surface area (Å²) in [7, 11) is 0. The number of nitrogens with two attached hydrogens (primary N) is 1. The van der Waals surface area contributed by atoms with Gasteiger partial charge in [0.15, 0.2) is 11.5 Å². The van der Waals surface area contributed by atoms with Crippen molar-refractivity contribution in [3.63, 3.8) is 0 Å². The number of carbonyl (C=O) groups is 1. The molecule has 0 saturated heterocycles. The van der Waals surface area contributed by atoms with Crippen molar-refractivity contribution in [2.45, 2.75) is 39.0 Å². The Hall–Kier alpha value is -4.15. The van der Waals surface area contributed by atoms with Crippen molar-refractivity contribution in [1.82, 2.24) is 30.0 Å². The van der Waals surface area contributed by atoms with E-state index in [4.69, 9.17) is 5.73 Å². The number of hydrogen-bond acceptors (Lipinski definition) is 7. The SMILES string of the molecule is CCC(c1ncccn1)N(Cc1ccc(C(F)(F)F)nn1)C(=O)c1ccc2nc(N)c(C)cc2c1. The number of nitrogen functional groups attached to an aromatic ring is 1. The smallest absolute Gasteiger partial charge is 0.383 e. The van der Waals surface area contributed by atoms with Gasteiger partial charge >= 0.3 is 6.18 Å². The molecular weight excluding hydrogens is 459 g/mol. The van der Waals surface area contributed by atoms with Crippen molar-refractivity contribution in [3.05, 3.63) is 83.2 Å². The highest BCUT2D eigenvalue weighted by Gasteiger charge is 2.33. The molecule has 0 spiro atoms. The maximum atomic E-state index is 13.7. The van der Waals surface area contributed by atoms with E-state index in [2.05, 4.69) is 25.1 Å². The highest BCUT2D eigenvalue weighted by atomic mass is 19.4. The second kappa shape index (κ2) is 9.61. The molecule has 35 heavy (non-hydrogen) atoms. The Morgan fingerprint density at radius 2 is 1.83 bits per heavy atom. The topological polar surface area (TPSA) is 111 Å². The van der Waals surface area contributed by atoms with Crippen molar-refractivity contribution < 1.29 is 18.0 Å². The molecule has 0 aliphatic heterocycles. The van der Waals surface area contributed by atoms with Gasteiger partial charge in [-0.1, -0.05) is 6.92 Å². The minimum atomic E-state index is -4.61. The van der Waals surface area contributed by atoms with Crippen molar-refractivity contribution in [3.8, 4) is 0 Å². The summed E-state index contributed by atoms with van der Waals surface area (Å²) in [5, 5.41) is 7.74. The summed E-state index contributed by atoms with van der Waals surface area (Å²) in [4.78, 5) is 28.2. The number of halogens is 3. The molecule has 1 unspecified atom stereocenters. The molecule has 180 valence electrons. The van der Waals surface area contributed by atoms with Gasteiger partial charge in [0.2, 0.25) is 0 Å². The van der Waals surface area contributed by atoms with Gasteiger partial charge in [0.1, 0.15) is 5.82 Å². The van der Waals surface area contributed by atoms with Gasteiger partial charge in [-0.25, -0.2) is 15.0 Å². The third-order valence-electron chi connectivity index (χ3n) is 5.54. The first-order valence-corrected chi connectivity index (χ1v) is 10.8. The van der Waals surface area contributed by atoms with Crippen LogP contribution in [-0.2, 0) is 12.7 Å². The first kappa shape index (κ1) is 24.0. The van der Waals surface area contributed by atoms with Crippen LogP contribution in [0, 0.1) is 6.92 Å². The average Bonchev–Trinajstić information content (AvgIpc) is 2.84. The number of rotatable bonds is 6. The molecule has 0 aliphatic rings. The zero-order valence-electron chi connectivity index (χ0n) is 19.0. The van der Waals surface area contributed by atoms with Gasteiger partial charge in [-0.05, 0) is 61.4 Å². The van der Waals surface area contributed by atoms with Crippen LogP contribution in [0.15, 0.2) is 54.9 Å². The number of anilines is 1. The van der Waals surface area contributed by atoms with Crippen LogP contribution in [0.2, 0.25) is 0 Å². The number of pyridine rings is 1. The largest absolute Gasteiger partial charge is 0.435 e. The fraction of sp³-hybridized carbons (Fsp3) is 0.250. The van der Waals surface area contributed by atoms with Crippen LogP contribution in [0.4, 0.5) is 19.0 Å². The van der Waals surface area contributed by atoms with E-state index < -0.39 is 17.9 Å². The van der Waals surface area contributed by atoms with E-state index in [-0.39, 0.29) is 18.1 Å². The zero-order valence-corrected chi connectivity index (χ0v) is 19.0. The molecule has 4 aromatic rings. The van der Waals surface area contributed by atoms with Crippen LogP contribution >= 0.6 is 0 Å². The van der Waals surface area contributed by atoms with Crippen molar-refractivity contribution in [2.75, 3.05) is 5.73 Å². The lowest BCUT2D eigenvalue weighted by Gasteiger charge is -2.30. The summed E-state index contributed by atoms with van der Waals surface area (Å²) in [5.41, 5.74) is 6.79. The van der Waals surface area contributed by atoms with Gasteiger partial charge < -0.3 is 10.6 Å². The molecule has 1 atom stereocenters. The third kappa shape index (κ3) is 5.18. The number of aromatic nitrogens is 5. The predicted octanol–water partition coefficient (Wildman–Crippen LogP) is 4.52. The number of alkyl halides is 3. The van der Waals surface area contributed by atoms with Gasteiger partial charge in [-0.15, -0.1) is 5.10 Å². The summed E-state index contributed by atoms with van der Waals surface area (Å²) >= 11 is 0. The molecule has 0 saturated carbocycles. The van der Waals surface area contributed by atoms with Gasteiger partial charge in [0.25, 0.3) is 5.91 Å². The molecule has 4 rings (SSSR count). The van der Waals surface area contributed by atoms with Gasteiger partial charge in [-0.2, -0.15) is 18.3 Å². The van der Waals surface area contributed by atoms with Crippen LogP contribution in [0.3, 0.4) is 0 Å². The van der Waals surface area contributed by atoms with Crippen molar-refractivity contribution in [2.24, 2.45) is 0 Å². The van der Waals surface area contributed by atoms with Crippen LogP contribution < -0.4 is 5.73 Å². The number of benzene rings is 1. The number of fused-ring (bicyclic) bond motifs is 1. The molecule has 3 aromatic heterocycles. The fourth-order valence-corrected chi connectivity index (χ4v) is 3.71. The number of amides is 1. The van der Waals surface area contributed by atoms with E-state index in [1.54, 1.807) is 36.7 Å². The normalized spacial score (nSPS) is 12.5. The standard InChI is InChI=1S/C24H22F3N7O/c1-3-19(22-29-9-4-10-30-22)34(13-17-6-8-20(33-32-17)24(25,26)27)23(35)15-5-7-18-16(12-15)11-14(2)21(28)31-18/h4-12,19H,3,13H2,1-2H3,(H2,28,31). The van der Waals surface area contributed by atoms with E-state index in [1.165, 1.54) is 11.0 Å². The minimum Gasteiger partial charge on any atom is -0.383 e. The Kier molecular flexibility index (Phi) is 6.59. The zero-order chi connectivity index (χ0) is 25.2. The average molecular weight is 481 g/mol. The number of carbonyl (C=O) groups excluding carboxylic acids is 1. The van der Waals surface area contributed by atoms with E-state index >= 15 is 0 Å². The van der Waals surface area contributed by atoms with Crippen LogP contribution in [0.5, 0.6) is 0 Å². The molecule has 0 bridgehead atoms. The molecule has 0 fully saturated rings. The molecule has 0 aliphatic carbocycles. The second-order valence-corrected chi connectivity index (χ2v) is 7.97. The van der Waals surface area contributed by atoms with Gasteiger partial charge in [-0.3, -0.25) is 4.79 Å². The molecular formula is C24H22F3N7O. The Morgan fingerprint density at radius 3 is 2.46 bits per heavy atom. The van der Waals surface area contributed by atoms with Crippen LogP contribution in [-0.4, -0.2) is 36.0 Å². The molecule has 1 aromatic carbocycles. The van der Waals surface area contributed by atoms with Crippen LogP contribution in [0.1, 0.15) is 52.5 Å². The third-order valence-corrected chi connectivity index (χ3v) is 5.54. The molecule has 1 amide bonds. The minimum absolute atomic E-state index is 0.0855. The first-order valence-electron chi connectivity index (χ1n) is 10.8. The lowest BCUT2D eigenvalue weighted by molar-refractivity contribution is -0.141. The van der Waals surface area contributed by atoms with E-state index in [0.29, 0.717) is 29.1 Å². The summed E-state index contributed by atoms with van der Waals surface area (Å²) in [6, 6.07) is 10.1. The Labute approximate surface area is 199 Å². The number of aryl methyl sites for hydroxylation is 1. The molecule has 3 heterocycles. The monoisotopic (exact) mass is 481 g/mol. The molecule has 2 N–H and O–H groups in total. The summed E-state index contributed by atoms with van der Waals surface area (Å²) in [5.74, 6) is 0.461. The van der Waals surface area contributed by atoms with E-state index in [1.807, 2.05) is 19.9 Å². The lowest BCUT2D eigenvalue weighted by Crippen LogP contribution is -2.35. The summed E-state index contributed by atoms with van der Waals surface area (Å²) in [6.07, 6.45) is -0.999. The summed E-state index contributed by atoms with van der Waals surface area (Å²) in [6.45, 7) is 3.61. The van der Waals surface area contributed by atoms with Gasteiger partial charge in [0.05, 0.1) is 23.8 Å². The Balaban J connectivity index is 1.74. The number of nitrogens with zero attached hydrogens (tertiary/aromatic N) is 6. The molecule has 8 nitrogen and oxygen atoms in total. The molecule has 0 radical (unpaired) electrons. The highest BCUT2D eigenvalue weighted by molar-refractivity contribution is 5.98. The van der Waals surface area contributed by atoms with Crippen molar-refractivity contribution >= 4 is 22.6 Å². The predicted molar refractivity (Wildman–Crippen MR) is 123 cm³/mol. The van der Waals surface area contributed by atoms with Crippen LogP contribution in [0.25, 0.3) is 10.9 Å². The van der Waals surface area contributed by atoms with E-state index in [0.717, 1.165) is 17.0 Å². The maximum absolute atomic E-state index is 13.7. The fourth-order valence-electron chi connectivity index (χ4n) is 3.71. The molecule has 11 heteroatoms. The quantitative estimate of drug-likeness (QED) is 0.431. The lowest BCUT2D eigenvalue weighted by atomic mass is 10.1. The van der Waals surface area contributed by atoms with Gasteiger partial charge in [0, 0.05) is 23.3 Å². The number of hydrogen-bond donors (Lipinski definition) is 1. The maximum Gasteiger partial charge on any atom is 0.435 e.